The number of anilines is 1. The van der Waals surface area contributed by atoms with E-state index >= 15 is 0 Å². The van der Waals surface area contributed by atoms with Crippen LogP contribution in [0.4, 0.5) is 10.1 Å². The van der Waals surface area contributed by atoms with Gasteiger partial charge in [-0.1, -0.05) is 13.0 Å². The van der Waals surface area contributed by atoms with Gasteiger partial charge in [0.15, 0.2) is 0 Å². The van der Waals surface area contributed by atoms with Gasteiger partial charge < -0.3 is 5.32 Å². The van der Waals surface area contributed by atoms with Crippen molar-refractivity contribution in [1.29, 1.82) is 0 Å². The summed E-state index contributed by atoms with van der Waals surface area (Å²) in [5, 5.41) is 5.52. The average molecular weight is 249 g/mol. The van der Waals surface area contributed by atoms with E-state index in [0.717, 1.165) is 12.1 Å². The molecule has 1 aromatic heterocycles. The first-order valence-electron chi connectivity index (χ1n) is 5.76. The average Bonchev–Trinajstić information content (AvgIpc) is 2.84. The molecule has 1 nitrogen and oxygen atoms in total. The van der Waals surface area contributed by atoms with Crippen molar-refractivity contribution in [3.63, 3.8) is 0 Å². The Bertz CT molecular complexity index is 479. The van der Waals surface area contributed by atoms with Crippen molar-refractivity contribution < 1.29 is 4.39 Å². The van der Waals surface area contributed by atoms with Crippen LogP contribution in [-0.4, -0.2) is 0 Å². The number of aryl methyl sites for hydroxylation is 1. The summed E-state index contributed by atoms with van der Waals surface area (Å²) in [6.07, 6.45) is 1.01. The van der Waals surface area contributed by atoms with E-state index in [4.69, 9.17) is 0 Å². The van der Waals surface area contributed by atoms with E-state index in [2.05, 4.69) is 29.8 Å². The van der Waals surface area contributed by atoms with Crippen molar-refractivity contribution in [3.05, 3.63) is 52.0 Å². The Balaban J connectivity index is 2.16. The minimum atomic E-state index is -0.153. The second kappa shape index (κ2) is 5.32. The lowest BCUT2D eigenvalue weighted by atomic mass is 10.1. The third-order valence-corrected chi connectivity index (χ3v) is 3.78. The Hall–Kier alpha value is -1.35. The zero-order valence-corrected chi connectivity index (χ0v) is 10.9. The van der Waals surface area contributed by atoms with E-state index in [1.54, 1.807) is 24.3 Å². The van der Waals surface area contributed by atoms with Gasteiger partial charge in [0.25, 0.3) is 0 Å². The van der Waals surface area contributed by atoms with E-state index in [1.807, 2.05) is 6.07 Å². The highest BCUT2D eigenvalue weighted by molar-refractivity contribution is 7.10. The molecule has 3 heteroatoms. The van der Waals surface area contributed by atoms with E-state index in [9.17, 15) is 4.39 Å². The second-order valence-electron chi connectivity index (χ2n) is 4.08. The molecule has 1 unspecified atom stereocenters. The van der Waals surface area contributed by atoms with Crippen LogP contribution in [0.1, 0.15) is 29.8 Å². The monoisotopic (exact) mass is 249 g/mol. The lowest BCUT2D eigenvalue weighted by Crippen LogP contribution is -2.08. The molecule has 0 amide bonds. The van der Waals surface area contributed by atoms with Crippen molar-refractivity contribution in [2.75, 3.05) is 5.32 Å². The second-order valence-corrected chi connectivity index (χ2v) is 5.06. The summed E-state index contributed by atoms with van der Waals surface area (Å²) in [6, 6.07) is 9.64. The molecule has 0 saturated carbocycles. The Kier molecular flexibility index (Phi) is 3.79. The summed E-state index contributed by atoms with van der Waals surface area (Å²) in [4.78, 5) is 1.31. The fraction of sp³-hybridized carbons (Fsp3) is 0.286. The lowest BCUT2D eigenvalue weighted by molar-refractivity contribution is 0.618. The molecule has 0 bridgehead atoms. The number of nitrogens with one attached hydrogen (secondary N) is 1. The predicted molar refractivity (Wildman–Crippen MR) is 72.1 cm³/mol. The van der Waals surface area contributed by atoms with Crippen LogP contribution in [0.15, 0.2) is 35.7 Å². The van der Waals surface area contributed by atoms with Crippen molar-refractivity contribution in [3.8, 4) is 0 Å². The topological polar surface area (TPSA) is 12.0 Å². The maximum absolute atomic E-state index is 13.2. The van der Waals surface area contributed by atoms with Crippen LogP contribution >= 0.6 is 11.3 Å². The third kappa shape index (κ3) is 2.86. The van der Waals surface area contributed by atoms with Crippen LogP contribution in [0.2, 0.25) is 0 Å². The minimum absolute atomic E-state index is 0.153. The fourth-order valence-corrected chi connectivity index (χ4v) is 2.66. The van der Waals surface area contributed by atoms with Crippen LogP contribution in [-0.2, 0) is 0 Å². The van der Waals surface area contributed by atoms with E-state index in [-0.39, 0.29) is 5.82 Å². The lowest BCUT2D eigenvalue weighted by Gasteiger charge is -2.17. The number of hydrogen-bond donors (Lipinski definition) is 1. The maximum atomic E-state index is 13.2. The fourth-order valence-electron chi connectivity index (χ4n) is 1.80. The van der Waals surface area contributed by atoms with Gasteiger partial charge in [0, 0.05) is 10.6 Å². The highest BCUT2D eigenvalue weighted by Gasteiger charge is 2.10. The number of hydrogen-bond acceptors (Lipinski definition) is 2. The Morgan fingerprint density at radius 2 is 2.18 bits per heavy atom. The van der Waals surface area contributed by atoms with Crippen molar-refractivity contribution in [2.24, 2.45) is 0 Å². The van der Waals surface area contributed by atoms with Crippen LogP contribution in [0.3, 0.4) is 0 Å². The van der Waals surface area contributed by atoms with E-state index in [0.29, 0.717) is 11.6 Å². The number of halogens is 1. The first-order chi connectivity index (χ1) is 8.20. The molecule has 0 fully saturated rings. The van der Waals surface area contributed by atoms with E-state index < -0.39 is 0 Å². The Morgan fingerprint density at radius 3 is 2.76 bits per heavy atom. The molecule has 2 aromatic rings. The molecule has 0 saturated heterocycles. The smallest absolute Gasteiger partial charge is 0.126 e. The van der Waals surface area contributed by atoms with Gasteiger partial charge in [-0.3, -0.25) is 0 Å². The molecule has 1 N–H and O–H groups in total. The van der Waals surface area contributed by atoms with Crippen LogP contribution in [0.25, 0.3) is 0 Å². The van der Waals surface area contributed by atoms with Crippen LogP contribution in [0, 0.1) is 12.7 Å². The standard InChI is InChI=1S/C14H16FNS/c1-3-13(14-5-4-8-17-14)16-11-6-7-12(15)10(2)9-11/h4-9,13,16H,3H2,1-2H3. The van der Waals surface area contributed by atoms with Crippen molar-refractivity contribution >= 4 is 17.0 Å². The normalized spacial score (nSPS) is 12.4. The third-order valence-electron chi connectivity index (χ3n) is 2.79. The Morgan fingerprint density at radius 1 is 1.35 bits per heavy atom. The summed E-state index contributed by atoms with van der Waals surface area (Å²) < 4.78 is 13.2. The number of thiophene rings is 1. The number of benzene rings is 1. The van der Waals surface area contributed by atoms with Gasteiger partial charge in [-0.25, -0.2) is 4.39 Å². The summed E-state index contributed by atoms with van der Waals surface area (Å²) in [5.41, 5.74) is 1.65. The van der Waals surface area contributed by atoms with Crippen molar-refractivity contribution in [1.82, 2.24) is 0 Å². The molecule has 0 aliphatic heterocycles. The van der Waals surface area contributed by atoms with Crippen LogP contribution < -0.4 is 5.32 Å². The molecule has 2 rings (SSSR count). The van der Waals surface area contributed by atoms with Gasteiger partial charge in [0.2, 0.25) is 0 Å². The SMILES string of the molecule is CCC(Nc1ccc(F)c(C)c1)c1cccs1. The zero-order valence-electron chi connectivity index (χ0n) is 10.0. The summed E-state index contributed by atoms with van der Waals surface area (Å²) in [7, 11) is 0. The quantitative estimate of drug-likeness (QED) is 0.823. The molecular formula is C14H16FNS. The molecule has 0 aliphatic rings. The summed E-state index contributed by atoms with van der Waals surface area (Å²) in [5.74, 6) is -0.153. The molecule has 90 valence electrons. The zero-order chi connectivity index (χ0) is 12.3. The highest BCUT2D eigenvalue weighted by atomic mass is 32.1. The van der Waals surface area contributed by atoms with Gasteiger partial charge >= 0.3 is 0 Å². The first-order valence-corrected chi connectivity index (χ1v) is 6.64. The summed E-state index contributed by atoms with van der Waals surface area (Å²) in [6.45, 7) is 3.93. The predicted octanol–water partition coefficient (Wildman–Crippen LogP) is 4.76. The largest absolute Gasteiger partial charge is 0.377 e. The van der Waals surface area contributed by atoms with Gasteiger partial charge in [-0.15, -0.1) is 11.3 Å². The highest BCUT2D eigenvalue weighted by Crippen LogP contribution is 2.26. The number of rotatable bonds is 4. The van der Waals surface area contributed by atoms with Gasteiger partial charge in [0.1, 0.15) is 5.82 Å². The van der Waals surface area contributed by atoms with Gasteiger partial charge in [0.05, 0.1) is 6.04 Å². The molecule has 1 aromatic carbocycles. The van der Waals surface area contributed by atoms with E-state index in [1.165, 1.54) is 10.9 Å². The molecule has 17 heavy (non-hydrogen) atoms. The molecule has 1 atom stereocenters. The molecule has 0 aliphatic carbocycles. The van der Waals surface area contributed by atoms with Gasteiger partial charge in [-0.05, 0) is 48.6 Å². The molecular weight excluding hydrogens is 233 g/mol. The summed E-state index contributed by atoms with van der Waals surface area (Å²) >= 11 is 1.75. The minimum Gasteiger partial charge on any atom is -0.377 e. The first kappa shape index (κ1) is 12.1. The molecule has 0 radical (unpaired) electrons. The van der Waals surface area contributed by atoms with Crippen LogP contribution in [0.5, 0.6) is 0 Å². The Labute approximate surface area is 105 Å². The van der Waals surface area contributed by atoms with Gasteiger partial charge in [-0.2, -0.15) is 0 Å². The van der Waals surface area contributed by atoms with Crippen molar-refractivity contribution in [2.45, 2.75) is 26.3 Å². The molecule has 1 heterocycles. The maximum Gasteiger partial charge on any atom is 0.126 e. The molecule has 0 spiro atoms.